The van der Waals surface area contributed by atoms with Crippen LogP contribution < -0.4 is 10.0 Å². The van der Waals surface area contributed by atoms with Gasteiger partial charge in [-0.1, -0.05) is 24.3 Å². The molecule has 0 aliphatic rings. The molecular weight excluding hydrogens is 367 g/mol. The summed E-state index contributed by atoms with van der Waals surface area (Å²) in [6, 6.07) is 9.57. The van der Waals surface area contributed by atoms with Gasteiger partial charge in [0.15, 0.2) is 0 Å². The lowest BCUT2D eigenvalue weighted by Gasteiger charge is -2.14. The Labute approximate surface area is 159 Å². The van der Waals surface area contributed by atoms with E-state index in [1.807, 2.05) is 32.0 Å². The molecule has 0 spiro atoms. The number of anilines is 1. The van der Waals surface area contributed by atoms with Gasteiger partial charge in [-0.05, 0) is 61.2 Å². The van der Waals surface area contributed by atoms with Gasteiger partial charge in [-0.25, -0.2) is 12.8 Å². The predicted octanol–water partition coefficient (Wildman–Crippen LogP) is 3.70. The normalized spacial score (nSPS) is 12.8. The maximum Gasteiger partial charge on any atom is 0.244 e. The number of carbonyl (C=O) groups excluding carboxylic acids is 1. The van der Waals surface area contributed by atoms with Gasteiger partial charge in [-0.15, -0.1) is 0 Å². The molecule has 1 atom stereocenters. The van der Waals surface area contributed by atoms with Crippen LogP contribution in [-0.2, 0) is 14.8 Å². The Morgan fingerprint density at radius 3 is 2.41 bits per heavy atom. The molecule has 2 N–H and O–H groups in total. The largest absolute Gasteiger partial charge is 0.346 e. The molecule has 27 heavy (non-hydrogen) atoms. The molecule has 7 heteroatoms. The summed E-state index contributed by atoms with van der Waals surface area (Å²) in [5, 5.41) is 2.76. The molecule has 0 radical (unpaired) electrons. The number of amides is 1. The van der Waals surface area contributed by atoms with Gasteiger partial charge in [0.1, 0.15) is 5.82 Å². The Morgan fingerprint density at radius 2 is 1.81 bits per heavy atom. The average Bonchev–Trinajstić information content (AvgIpc) is 2.56. The summed E-state index contributed by atoms with van der Waals surface area (Å²) in [5.41, 5.74) is 3.64. The van der Waals surface area contributed by atoms with Gasteiger partial charge in [-0.2, -0.15) is 0 Å². The molecular formula is C20H23FN2O3S. The van der Waals surface area contributed by atoms with Crippen molar-refractivity contribution in [1.82, 2.24) is 5.32 Å². The molecule has 0 aromatic heterocycles. The number of carbonyl (C=O) groups is 1. The van der Waals surface area contributed by atoms with Gasteiger partial charge < -0.3 is 5.32 Å². The smallest absolute Gasteiger partial charge is 0.244 e. The topological polar surface area (TPSA) is 75.3 Å². The fourth-order valence-electron chi connectivity index (χ4n) is 2.47. The lowest BCUT2D eigenvalue weighted by molar-refractivity contribution is -0.117. The lowest BCUT2D eigenvalue weighted by Crippen LogP contribution is -2.24. The Hall–Kier alpha value is -2.67. The van der Waals surface area contributed by atoms with Gasteiger partial charge >= 0.3 is 0 Å². The van der Waals surface area contributed by atoms with Crippen LogP contribution in [-0.4, -0.2) is 20.6 Å². The second kappa shape index (κ2) is 8.35. The average molecular weight is 390 g/mol. The zero-order valence-corrected chi connectivity index (χ0v) is 16.5. The third-order valence-electron chi connectivity index (χ3n) is 4.11. The van der Waals surface area contributed by atoms with E-state index in [1.165, 1.54) is 23.8 Å². The predicted molar refractivity (Wildman–Crippen MR) is 106 cm³/mol. The molecule has 2 aromatic rings. The number of hydrogen-bond acceptors (Lipinski definition) is 3. The molecule has 2 aromatic carbocycles. The van der Waals surface area contributed by atoms with Crippen LogP contribution in [0.1, 0.15) is 35.2 Å². The number of nitrogens with one attached hydrogen (secondary N) is 2. The van der Waals surface area contributed by atoms with Crippen molar-refractivity contribution < 1.29 is 17.6 Å². The number of benzene rings is 2. The summed E-state index contributed by atoms with van der Waals surface area (Å²) in [6.07, 6.45) is 4.09. The molecule has 0 saturated heterocycles. The monoisotopic (exact) mass is 390 g/mol. The van der Waals surface area contributed by atoms with Crippen molar-refractivity contribution in [3.05, 3.63) is 70.5 Å². The number of sulfonamides is 1. The molecule has 0 heterocycles. The van der Waals surface area contributed by atoms with Crippen molar-refractivity contribution in [2.24, 2.45) is 0 Å². The van der Waals surface area contributed by atoms with Crippen molar-refractivity contribution >= 4 is 27.7 Å². The van der Waals surface area contributed by atoms with Crippen LogP contribution in [0.3, 0.4) is 0 Å². The van der Waals surface area contributed by atoms with Crippen LogP contribution in [0, 0.1) is 19.7 Å². The first kappa shape index (κ1) is 20.6. The zero-order chi connectivity index (χ0) is 20.2. The first-order chi connectivity index (χ1) is 12.5. The van der Waals surface area contributed by atoms with Gasteiger partial charge in [0.25, 0.3) is 0 Å². The summed E-state index contributed by atoms with van der Waals surface area (Å²) in [5.74, 6) is -1.01. The fourth-order valence-corrected chi connectivity index (χ4v) is 3.03. The highest BCUT2D eigenvalue weighted by Gasteiger charge is 2.12. The molecule has 1 unspecified atom stereocenters. The minimum Gasteiger partial charge on any atom is -0.346 e. The van der Waals surface area contributed by atoms with E-state index in [9.17, 15) is 17.6 Å². The van der Waals surface area contributed by atoms with E-state index in [-0.39, 0.29) is 11.6 Å². The molecule has 5 nitrogen and oxygen atoms in total. The molecule has 2 rings (SSSR count). The van der Waals surface area contributed by atoms with E-state index in [0.29, 0.717) is 5.56 Å². The third kappa shape index (κ3) is 6.21. The number of rotatable bonds is 6. The highest BCUT2D eigenvalue weighted by Crippen LogP contribution is 2.21. The number of aryl methyl sites for hydroxylation is 2. The van der Waals surface area contributed by atoms with E-state index in [1.54, 1.807) is 19.1 Å². The Balaban J connectivity index is 2.04. The van der Waals surface area contributed by atoms with Crippen LogP contribution in [0.5, 0.6) is 0 Å². The third-order valence-corrected chi connectivity index (χ3v) is 4.70. The molecule has 0 fully saturated rings. The molecule has 0 aliphatic heterocycles. The molecule has 144 valence electrons. The second-order valence-electron chi connectivity index (χ2n) is 6.52. The summed E-state index contributed by atoms with van der Waals surface area (Å²) >= 11 is 0. The molecule has 1 amide bonds. The van der Waals surface area contributed by atoms with Crippen molar-refractivity contribution in [2.45, 2.75) is 26.8 Å². The first-order valence-corrected chi connectivity index (χ1v) is 10.3. The van der Waals surface area contributed by atoms with Gasteiger partial charge in [0.2, 0.25) is 15.9 Å². The van der Waals surface area contributed by atoms with E-state index < -0.39 is 21.9 Å². The van der Waals surface area contributed by atoms with Gasteiger partial charge in [-0.3, -0.25) is 9.52 Å². The zero-order valence-electron chi connectivity index (χ0n) is 15.7. The molecule has 0 aliphatic carbocycles. The highest BCUT2D eigenvalue weighted by atomic mass is 32.2. The maximum atomic E-state index is 14.1. The molecule has 0 saturated carbocycles. The lowest BCUT2D eigenvalue weighted by atomic mass is 10.1. The van der Waals surface area contributed by atoms with Crippen LogP contribution in [0.15, 0.2) is 42.5 Å². The maximum absolute atomic E-state index is 14.1. The summed E-state index contributed by atoms with van der Waals surface area (Å²) in [6.45, 7) is 5.75. The molecule has 0 bridgehead atoms. The van der Waals surface area contributed by atoms with E-state index in [0.717, 1.165) is 17.4 Å². The van der Waals surface area contributed by atoms with Crippen LogP contribution >= 0.6 is 0 Å². The Bertz CT molecular complexity index is 985. The summed E-state index contributed by atoms with van der Waals surface area (Å²) in [7, 11) is -3.56. The quantitative estimate of drug-likeness (QED) is 0.739. The standard InChI is InChI=1S/C20H23FN2O3S/c1-13-5-6-16(11-14(13)2)7-10-20(24)22-15(3)17-8-9-19(18(21)12-17)23-27(4,25)26/h5-12,15,23H,1-4H3,(H,22,24)/b10-7+. The number of halogens is 1. The van der Waals surface area contributed by atoms with Crippen molar-refractivity contribution in [1.29, 1.82) is 0 Å². The Morgan fingerprint density at radius 1 is 1.11 bits per heavy atom. The fraction of sp³-hybridized carbons (Fsp3) is 0.250. The Kier molecular flexibility index (Phi) is 6.38. The van der Waals surface area contributed by atoms with E-state index in [2.05, 4.69) is 10.0 Å². The van der Waals surface area contributed by atoms with E-state index >= 15 is 0 Å². The SMILES string of the molecule is Cc1ccc(/C=C/C(=O)NC(C)c2ccc(NS(C)(=O)=O)c(F)c2)cc1C. The minimum absolute atomic E-state index is 0.130. The summed E-state index contributed by atoms with van der Waals surface area (Å²) < 4.78 is 38.6. The second-order valence-corrected chi connectivity index (χ2v) is 8.27. The van der Waals surface area contributed by atoms with Gasteiger partial charge in [0.05, 0.1) is 18.0 Å². The first-order valence-electron chi connectivity index (χ1n) is 8.38. The van der Waals surface area contributed by atoms with Crippen LogP contribution in [0.2, 0.25) is 0 Å². The van der Waals surface area contributed by atoms with Crippen LogP contribution in [0.25, 0.3) is 6.08 Å². The summed E-state index contributed by atoms with van der Waals surface area (Å²) in [4.78, 5) is 12.1. The van der Waals surface area contributed by atoms with Crippen molar-refractivity contribution in [3.8, 4) is 0 Å². The van der Waals surface area contributed by atoms with Crippen molar-refractivity contribution in [3.63, 3.8) is 0 Å². The van der Waals surface area contributed by atoms with Gasteiger partial charge in [0, 0.05) is 6.08 Å². The van der Waals surface area contributed by atoms with E-state index in [4.69, 9.17) is 0 Å². The number of hydrogen-bond donors (Lipinski definition) is 2. The minimum atomic E-state index is -3.56. The van der Waals surface area contributed by atoms with Crippen LogP contribution in [0.4, 0.5) is 10.1 Å². The highest BCUT2D eigenvalue weighted by molar-refractivity contribution is 7.92. The van der Waals surface area contributed by atoms with Crippen molar-refractivity contribution in [2.75, 3.05) is 11.0 Å².